The number of carbonyl (C=O) groups is 1. The summed E-state index contributed by atoms with van der Waals surface area (Å²) < 4.78 is 0.889. The van der Waals surface area contributed by atoms with Crippen LogP contribution >= 0.6 is 15.9 Å². The van der Waals surface area contributed by atoms with Gasteiger partial charge >= 0.3 is 0 Å². The minimum atomic E-state index is 0.196. The second kappa shape index (κ2) is 5.25. The van der Waals surface area contributed by atoms with Crippen molar-refractivity contribution in [3.63, 3.8) is 0 Å². The largest absolute Gasteiger partial charge is 0.383 e. The number of nitrogens with zero attached hydrogens (tertiary/aromatic N) is 2. The topological polar surface area (TPSA) is 59.2 Å². The van der Waals surface area contributed by atoms with E-state index in [0.717, 1.165) is 34.3 Å². The fourth-order valence-corrected chi connectivity index (χ4v) is 2.75. The maximum atomic E-state index is 11.7. The van der Waals surface area contributed by atoms with Gasteiger partial charge in [0.05, 0.1) is 0 Å². The molecule has 0 saturated carbocycles. The fraction of sp³-hybridized carbons (Fsp3) is 0.200. The Labute approximate surface area is 125 Å². The highest BCUT2D eigenvalue weighted by atomic mass is 79.9. The molecule has 4 nitrogen and oxygen atoms in total. The van der Waals surface area contributed by atoms with E-state index < -0.39 is 0 Å². The zero-order valence-corrected chi connectivity index (χ0v) is 12.4. The predicted molar refractivity (Wildman–Crippen MR) is 83.4 cm³/mol. The minimum Gasteiger partial charge on any atom is -0.383 e. The summed E-state index contributed by atoms with van der Waals surface area (Å²) in [5, 5.41) is 0. The number of nitrogen functional groups attached to an aromatic ring is 1. The molecule has 3 rings (SSSR count). The number of aromatic nitrogens is 1. The molecule has 0 radical (unpaired) electrons. The van der Waals surface area contributed by atoms with E-state index in [-0.39, 0.29) is 5.91 Å². The van der Waals surface area contributed by atoms with Gasteiger partial charge in [-0.25, -0.2) is 4.98 Å². The molecule has 1 saturated heterocycles. The number of hydrogen-bond donors (Lipinski definition) is 1. The zero-order valence-electron chi connectivity index (χ0n) is 10.8. The van der Waals surface area contributed by atoms with Crippen LogP contribution in [-0.4, -0.2) is 17.4 Å². The number of rotatable bonds is 2. The summed E-state index contributed by atoms with van der Waals surface area (Å²) in [6.45, 7) is 0.804. The molecule has 5 heteroatoms. The molecule has 0 aliphatic carbocycles. The molecule has 20 heavy (non-hydrogen) atoms. The van der Waals surface area contributed by atoms with Crippen molar-refractivity contribution in [3.05, 3.63) is 41.0 Å². The normalized spacial score (nSPS) is 14.8. The quantitative estimate of drug-likeness (QED) is 0.919. The molecule has 1 aromatic carbocycles. The van der Waals surface area contributed by atoms with Crippen LogP contribution in [0.5, 0.6) is 0 Å². The third kappa shape index (κ3) is 2.41. The Morgan fingerprint density at radius 1 is 1.25 bits per heavy atom. The Hall–Kier alpha value is -1.88. The maximum absolute atomic E-state index is 11.7. The third-order valence-electron chi connectivity index (χ3n) is 3.45. The van der Waals surface area contributed by atoms with Crippen molar-refractivity contribution in [2.45, 2.75) is 12.8 Å². The molecule has 0 atom stereocenters. The monoisotopic (exact) mass is 331 g/mol. The van der Waals surface area contributed by atoms with Gasteiger partial charge in [-0.05, 0) is 46.1 Å². The number of nitrogens with two attached hydrogens (primary N) is 1. The standard InChI is InChI=1S/C15H14BrN3O/c16-11-8-13(15(17)18-9-11)10-3-5-12(6-4-10)19-7-1-2-14(19)20/h3-6,8-9H,1-2,7H2,(H2,17,18). The van der Waals surface area contributed by atoms with E-state index in [2.05, 4.69) is 20.9 Å². The lowest BCUT2D eigenvalue weighted by molar-refractivity contribution is -0.117. The van der Waals surface area contributed by atoms with Gasteiger partial charge in [0, 0.05) is 34.9 Å². The number of carbonyl (C=O) groups excluding carboxylic acids is 1. The average Bonchev–Trinajstić information content (AvgIpc) is 2.88. The fourth-order valence-electron chi connectivity index (χ4n) is 2.42. The summed E-state index contributed by atoms with van der Waals surface area (Å²) >= 11 is 3.40. The third-order valence-corrected chi connectivity index (χ3v) is 3.88. The van der Waals surface area contributed by atoms with Gasteiger partial charge in [0.15, 0.2) is 0 Å². The van der Waals surface area contributed by atoms with Crippen molar-refractivity contribution in [3.8, 4) is 11.1 Å². The highest BCUT2D eigenvalue weighted by Crippen LogP contribution is 2.29. The van der Waals surface area contributed by atoms with Gasteiger partial charge in [-0.15, -0.1) is 0 Å². The molecule has 2 heterocycles. The molecule has 0 unspecified atom stereocenters. The number of pyridine rings is 1. The molecule has 1 aliphatic heterocycles. The Kier molecular flexibility index (Phi) is 3.44. The molecule has 1 aliphatic rings. The van der Waals surface area contributed by atoms with Gasteiger partial charge in [0.1, 0.15) is 5.82 Å². The number of anilines is 2. The van der Waals surface area contributed by atoms with E-state index in [1.54, 1.807) is 6.20 Å². The first kappa shape index (κ1) is 13.1. The molecule has 0 bridgehead atoms. The average molecular weight is 332 g/mol. The van der Waals surface area contributed by atoms with Gasteiger partial charge in [0.25, 0.3) is 0 Å². The first-order valence-corrected chi connectivity index (χ1v) is 7.26. The van der Waals surface area contributed by atoms with Crippen molar-refractivity contribution in [1.29, 1.82) is 0 Å². The summed E-state index contributed by atoms with van der Waals surface area (Å²) in [7, 11) is 0. The van der Waals surface area contributed by atoms with Gasteiger partial charge in [-0.2, -0.15) is 0 Å². The van der Waals surface area contributed by atoms with Gasteiger partial charge in [-0.3, -0.25) is 4.79 Å². The minimum absolute atomic E-state index is 0.196. The molecular formula is C15H14BrN3O. The Morgan fingerprint density at radius 3 is 2.65 bits per heavy atom. The summed E-state index contributed by atoms with van der Waals surface area (Å²) in [5.74, 6) is 0.694. The second-order valence-corrected chi connectivity index (χ2v) is 5.70. The molecule has 0 spiro atoms. The van der Waals surface area contributed by atoms with Gasteiger partial charge in [-0.1, -0.05) is 12.1 Å². The molecule has 2 aromatic rings. The predicted octanol–water partition coefficient (Wildman–Crippen LogP) is 3.22. The van der Waals surface area contributed by atoms with E-state index in [1.807, 2.05) is 35.2 Å². The van der Waals surface area contributed by atoms with Crippen LogP contribution in [0.25, 0.3) is 11.1 Å². The lowest BCUT2D eigenvalue weighted by Gasteiger charge is -2.16. The number of halogens is 1. The van der Waals surface area contributed by atoms with Crippen molar-refractivity contribution >= 4 is 33.3 Å². The SMILES string of the molecule is Nc1ncc(Br)cc1-c1ccc(N2CCCC2=O)cc1. The van der Waals surface area contributed by atoms with Gasteiger partial charge in [0.2, 0.25) is 5.91 Å². The van der Waals surface area contributed by atoms with E-state index in [1.165, 1.54) is 0 Å². The maximum Gasteiger partial charge on any atom is 0.227 e. The van der Waals surface area contributed by atoms with Crippen molar-refractivity contribution in [1.82, 2.24) is 4.98 Å². The molecule has 2 N–H and O–H groups in total. The smallest absolute Gasteiger partial charge is 0.227 e. The number of hydrogen-bond acceptors (Lipinski definition) is 3. The summed E-state index contributed by atoms with van der Waals surface area (Å²) in [6, 6.07) is 9.80. The van der Waals surface area contributed by atoms with Crippen LogP contribution in [0.15, 0.2) is 41.0 Å². The van der Waals surface area contributed by atoms with E-state index >= 15 is 0 Å². The summed E-state index contributed by atoms with van der Waals surface area (Å²) in [5.41, 5.74) is 8.73. The molecule has 1 aromatic heterocycles. The summed E-state index contributed by atoms with van der Waals surface area (Å²) in [6.07, 6.45) is 3.25. The van der Waals surface area contributed by atoms with Gasteiger partial charge < -0.3 is 10.6 Å². The van der Waals surface area contributed by atoms with Crippen molar-refractivity contribution < 1.29 is 4.79 Å². The highest BCUT2D eigenvalue weighted by Gasteiger charge is 2.21. The van der Waals surface area contributed by atoms with Crippen LogP contribution in [0.3, 0.4) is 0 Å². The van der Waals surface area contributed by atoms with Crippen molar-refractivity contribution in [2.24, 2.45) is 0 Å². The van der Waals surface area contributed by atoms with E-state index in [4.69, 9.17) is 5.73 Å². The van der Waals surface area contributed by atoms with Crippen LogP contribution in [-0.2, 0) is 4.79 Å². The second-order valence-electron chi connectivity index (χ2n) is 4.78. The Balaban J connectivity index is 1.93. The molecule has 1 amide bonds. The highest BCUT2D eigenvalue weighted by molar-refractivity contribution is 9.10. The first-order chi connectivity index (χ1) is 9.65. The number of amides is 1. The first-order valence-electron chi connectivity index (χ1n) is 6.47. The molecule has 1 fully saturated rings. The van der Waals surface area contributed by atoms with Crippen LogP contribution in [0.4, 0.5) is 11.5 Å². The lowest BCUT2D eigenvalue weighted by atomic mass is 10.1. The van der Waals surface area contributed by atoms with Crippen LogP contribution < -0.4 is 10.6 Å². The van der Waals surface area contributed by atoms with Crippen LogP contribution in [0.2, 0.25) is 0 Å². The zero-order chi connectivity index (χ0) is 14.1. The van der Waals surface area contributed by atoms with Crippen LogP contribution in [0.1, 0.15) is 12.8 Å². The van der Waals surface area contributed by atoms with E-state index in [0.29, 0.717) is 12.2 Å². The van der Waals surface area contributed by atoms with Crippen LogP contribution in [0, 0.1) is 0 Å². The lowest BCUT2D eigenvalue weighted by Crippen LogP contribution is -2.23. The molecular weight excluding hydrogens is 318 g/mol. The Bertz CT molecular complexity index is 655. The molecule has 102 valence electrons. The van der Waals surface area contributed by atoms with Crippen molar-refractivity contribution in [2.75, 3.05) is 17.2 Å². The summed E-state index contributed by atoms with van der Waals surface area (Å²) in [4.78, 5) is 17.7. The number of benzene rings is 1. The Morgan fingerprint density at radius 2 is 2.00 bits per heavy atom. The van der Waals surface area contributed by atoms with E-state index in [9.17, 15) is 4.79 Å².